The van der Waals surface area contributed by atoms with Crippen LogP contribution in [0.4, 0.5) is 5.13 Å². The molecule has 28 heavy (non-hydrogen) atoms. The van der Waals surface area contributed by atoms with Gasteiger partial charge < -0.3 is 9.80 Å². The van der Waals surface area contributed by atoms with E-state index < -0.39 is 0 Å². The maximum absolute atomic E-state index is 12.5. The topological polar surface area (TPSA) is 49.3 Å². The molecule has 1 spiro atoms. The number of carbonyl (C=O) groups excluding carboxylic acids is 1. The second-order valence-electron chi connectivity index (χ2n) is 8.06. The first-order valence-corrected chi connectivity index (χ1v) is 10.8. The molecular formula is C22H24N4OS. The molecule has 0 unspecified atom stereocenters. The molecule has 4 heterocycles. The molecule has 0 radical (unpaired) electrons. The van der Waals surface area contributed by atoms with Crippen LogP contribution >= 0.6 is 11.3 Å². The fourth-order valence-electron chi connectivity index (χ4n) is 4.53. The van der Waals surface area contributed by atoms with E-state index in [1.165, 1.54) is 4.70 Å². The van der Waals surface area contributed by atoms with Crippen LogP contribution in [-0.2, 0) is 11.3 Å². The minimum Gasteiger partial charge on any atom is -0.348 e. The van der Waals surface area contributed by atoms with Crippen LogP contribution in [0, 0.1) is 5.41 Å². The monoisotopic (exact) mass is 392 g/mol. The summed E-state index contributed by atoms with van der Waals surface area (Å²) >= 11 is 1.79. The summed E-state index contributed by atoms with van der Waals surface area (Å²) in [5.41, 5.74) is 2.51. The van der Waals surface area contributed by atoms with Crippen molar-refractivity contribution in [2.75, 3.05) is 24.5 Å². The molecule has 0 bridgehead atoms. The number of carbonyl (C=O) groups is 1. The molecule has 5 rings (SSSR count). The normalized spacial score (nSPS) is 19.5. The number of benzene rings is 1. The molecule has 2 aliphatic heterocycles. The zero-order valence-electron chi connectivity index (χ0n) is 15.9. The lowest BCUT2D eigenvalue weighted by molar-refractivity contribution is -0.139. The van der Waals surface area contributed by atoms with Gasteiger partial charge >= 0.3 is 0 Å². The molecule has 2 fully saturated rings. The number of thiazole rings is 1. The smallest absolute Gasteiger partial charge is 0.222 e. The molecule has 2 aliphatic rings. The molecule has 144 valence electrons. The van der Waals surface area contributed by atoms with Crippen LogP contribution in [-0.4, -0.2) is 40.4 Å². The Morgan fingerprint density at radius 1 is 1.04 bits per heavy atom. The minimum absolute atomic E-state index is 0.258. The molecule has 1 aromatic carbocycles. The van der Waals surface area contributed by atoms with Crippen molar-refractivity contribution in [3.05, 3.63) is 54.4 Å². The lowest BCUT2D eigenvalue weighted by Gasteiger charge is -2.47. The summed E-state index contributed by atoms with van der Waals surface area (Å²) in [7, 11) is 0. The number of hydrogen-bond acceptors (Lipinski definition) is 5. The van der Waals surface area contributed by atoms with Gasteiger partial charge in [0.2, 0.25) is 5.91 Å². The van der Waals surface area contributed by atoms with Crippen molar-refractivity contribution in [1.29, 1.82) is 0 Å². The maximum atomic E-state index is 12.5. The Labute approximate surface area is 169 Å². The molecule has 2 aromatic heterocycles. The van der Waals surface area contributed by atoms with Gasteiger partial charge in [0.25, 0.3) is 0 Å². The van der Waals surface area contributed by atoms with E-state index in [1.807, 2.05) is 18.2 Å². The lowest BCUT2D eigenvalue weighted by Crippen LogP contribution is -2.51. The Balaban J connectivity index is 1.27. The van der Waals surface area contributed by atoms with Gasteiger partial charge in [0.1, 0.15) is 0 Å². The van der Waals surface area contributed by atoms with Crippen LogP contribution in [0.1, 0.15) is 31.2 Å². The van der Waals surface area contributed by atoms with Crippen LogP contribution in [0.15, 0.2) is 48.8 Å². The van der Waals surface area contributed by atoms with Crippen LogP contribution in [0.25, 0.3) is 10.2 Å². The number of aromatic nitrogens is 2. The molecule has 0 aliphatic carbocycles. The number of likely N-dealkylation sites (tertiary alicyclic amines) is 1. The third kappa shape index (κ3) is 3.37. The van der Waals surface area contributed by atoms with Gasteiger partial charge in [-0.2, -0.15) is 0 Å². The van der Waals surface area contributed by atoms with E-state index in [4.69, 9.17) is 4.98 Å². The summed E-state index contributed by atoms with van der Waals surface area (Å²) in [6, 6.07) is 12.4. The number of nitrogens with zero attached hydrogens (tertiary/aromatic N) is 4. The zero-order chi connectivity index (χ0) is 19.0. The molecule has 1 amide bonds. The Morgan fingerprint density at radius 3 is 2.61 bits per heavy atom. The first-order chi connectivity index (χ1) is 13.7. The Morgan fingerprint density at radius 2 is 1.82 bits per heavy atom. The Hall–Kier alpha value is -2.47. The highest BCUT2D eigenvalue weighted by Gasteiger charge is 2.41. The largest absolute Gasteiger partial charge is 0.348 e. The number of anilines is 1. The summed E-state index contributed by atoms with van der Waals surface area (Å²) in [6.07, 6.45) is 7.55. The molecule has 3 aromatic rings. The van der Waals surface area contributed by atoms with Crippen molar-refractivity contribution in [2.24, 2.45) is 5.41 Å². The number of para-hydroxylation sites is 1. The highest BCUT2D eigenvalue weighted by atomic mass is 32.1. The van der Waals surface area contributed by atoms with Crippen LogP contribution in [0.3, 0.4) is 0 Å². The van der Waals surface area contributed by atoms with Crippen molar-refractivity contribution in [2.45, 2.75) is 32.2 Å². The van der Waals surface area contributed by atoms with Crippen LogP contribution < -0.4 is 4.90 Å². The second-order valence-corrected chi connectivity index (χ2v) is 9.07. The summed E-state index contributed by atoms with van der Waals surface area (Å²) in [6.45, 7) is 3.63. The maximum Gasteiger partial charge on any atom is 0.222 e. The van der Waals surface area contributed by atoms with Crippen LogP contribution in [0.2, 0.25) is 0 Å². The van der Waals surface area contributed by atoms with Gasteiger partial charge in [0, 0.05) is 45.0 Å². The van der Waals surface area contributed by atoms with Gasteiger partial charge in [-0.15, -0.1) is 0 Å². The summed E-state index contributed by atoms with van der Waals surface area (Å²) in [5, 5.41) is 1.14. The van der Waals surface area contributed by atoms with E-state index in [0.29, 0.717) is 13.0 Å². The first kappa shape index (κ1) is 17.6. The molecule has 0 atom stereocenters. The molecule has 0 saturated carbocycles. The van der Waals surface area contributed by atoms with E-state index in [0.717, 1.165) is 55.1 Å². The van der Waals surface area contributed by atoms with Crippen molar-refractivity contribution in [1.82, 2.24) is 14.9 Å². The fourth-order valence-corrected chi connectivity index (χ4v) is 5.55. The fraction of sp³-hybridized carbons (Fsp3) is 0.409. The average Bonchev–Trinajstić information content (AvgIpc) is 3.16. The van der Waals surface area contributed by atoms with Gasteiger partial charge in [-0.3, -0.25) is 9.78 Å². The Bertz CT molecular complexity index is 945. The third-order valence-electron chi connectivity index (χ3n) is 6.25. The minimum atomic E-state index is 0.258. The van der Waals surface area contributed by atoms with Gasteiger partial charge in [-0.25, -0.2) is 4.98 Å². The molecular weight excluding hydrogens is 368 g/mol. The number of piperidine rings is 2. The van der Waals surface area contributed by atoms with E-state index in [9.17, 15) is 4.79 Å². The van der Waals surface area contributed by atoms with E-state index >= 15 is 0 Å². The number of pyridine rings is 1. The quantitative estimate of drug-likeness (QED) is 0.673. The van der Waals surface area contributed by atoms with Gasteiger partial charge in [-0.05, 0) is 54.5 Å². The SMILES string of the molecule is O=C1CCC2(CCN(c3nc4ccccc4s3)CC2)CN1Cc1ccncc1. The zero-order valence-corrected chi connectivity index (χ0v) is 16.7. The number of fused-ring (bicyclic) bond motifs is 1. The first-order valence-electron chi connectivity index (χ1n) is 9.98. The molecule has 6 heteroatoms. The molecule has 2 saturated heterocycles. The summed E-state index contributed by atoms with van der Waals surface area (Å²) < 4.78 is 1.25. The van der Waals surface area contributed by atoms with Gasteiger partial charge in [0.15, 0.2) is 5.13 Å². The lowest BCUT2D eigenvalue weighted by atomic mass is 9.72. The van der Waals surface area contributed by atoms with Crippen molar-refractivity contribution < 1.29 is 4.79 Å². The standard InChI is InChI=1S/C22H24N4OS/c27-20-5-8-22(16-26(20)15-17-6-11-23-12-7-17)9-13-25(14-10-22)21-24-18-3-1-2-4-19(18)28-21/h1-4,6-7,11-12H,5,8-10,13-16H2. The van der Waals surface area contributed by atoms with Gasteiger partial charge in [-0.1, -0.05) is 23.5 Å². The Kier molecular flexibility index (Phi) is 4.51. The van der Waals surface area contributed by atoms with Crippen molar-refractivity contribution in [3.8, 4) is 0 Å². The number of amides is 1. The van der Waals surface area contributed by atoms with E-state index in [-0.39, 0.29) is 11.3 Å². The average molecular weight is 393 g/mol. The van der Waals surface area contributed by atoms with Crippen molar-refractivity contribution >= 4 is 32.6 Å². The highest BCUT2D eigenvalue weighted by Crippen LogP contribution is 2.42. The second kappa shape index (κ2) is 7.17. The predicted octanol–water partition coefficient (Wildman–Crippen LogP) is 4.10. The molecule has 5 nitrogen and oxygen atoms in total. The van der Waals surface area contributed by atoms with Crippen LogP contribution in [0.5, 0.6) is 0 Å². The highest BCUT2D eigenvalue weighted by molar-refractivity contribution is 7.22. The summed E-state index contributed by atoms with van der Waals surface area (Å²) in [4.78, 5) is 25.9. The predicted molar refractivity (Wildman–Crippen MR) is 112 cm³/mol. The summed E-state index contributed by atoms with van der Waals surface area (Å²) in [5.74, 6) is 0.288. The van der Waals surface area contributed by atoms with E-state index in [2.05, 4.69) is 33.0 Å². The van der Waals surface area contributed by atoms with Crippen molar-refractivity contribution in [3.63, 3.8) is 0 Å². The third-order valence-corrected chi connectivity index (χ3v) is 7.35. The molecule has 0 N–H and O–H groups in total. The number of hydrogen-bond donors (Lipinski definition) is 0. The number of rotatable bonds is 3. The van der Waals surface area contributed by atoms with Gasteiger partial charge in [0.05, 0.1) is 10.2 Å². The van der Waals surface area contributed by atoms with E-state index in [1.54, 1.807) is 23.7 Å².